The summed E-state index contributed by atoms with van der Waals surface area (Å²) in [6.45, 7) is 2.16. The smallest absolute Gasteiger partial charge is 0.225 e. The Morgan fingerprint density at radius 1 is 1.20 bits per heavy atom. The van der Waals surface area contributed by atoms with Gasteiger partial charge in [0.2, 0.25) is 5.91 Å². The highest BCUT2D eigenvalue weighted by Crippen LogP contribution is 2.38. The topological polar surface area (TPSA) is 46.3 Å². The third-order valence-electron chi connectivity index (χ3n) is 4.85. The number of amides is 1. The first-order valence-electron chi connectivity index (χ1n) is 7.86. The van der Waals surface area contributed by atoms with E-state index in [2.05, 4.69) is 36.1 Å². The van der Waals surface area contributed by atoms with Crippen LogP contribution in [-0.4, -0.2) is 22.9 Å². The molecule has 2 fully saturated rings. The summed E-state index contributed by atoms with van der Waals surface area (Å²) in [6.07, 6.45) is 6.30. The Bertz CT molecular complexity index is 476. The highest BCUT2D eigenvalue weighted by molar-refractivity contribution is 5.80. The first kappa shape index (κ1) is 13.6. The van der Waals surface area contributed by atoms with E-state index in [1.54, 1.807) is 0 Å². The molecule has 2 unspecified atom stereocenters. The number of benzene rings is 1. The average molecular weight is 272 g/mol. The number of nitrogens with two attached hydrogens (primary N) is 1. The van der Waals surface area contributed by atoms with E-state index < -0.39 is 0 Å². The zero-order valence-corrected chi connectivity index (χ0v) is 12.2. The van der Waals surface area contributed by atoms with E-state index in [4.69, 9.17) is 5.73 Å². The monoisotopic (exact) mass is 272 g/mol. The Kier molecular flexibility index (Phi) is 3.79. The predicted octanol–water partition coefficient (Wildman–Crippen LogP) is 2.79. The molecule has 0 spiro atoms. The van der Waals surface area contributed by atoms with E-state index in [0.717, 1.165) is 19.3 Å². The lowest BCUT2D eigenvalue weighted by Crippen LogP contribution is -2.39. The lowest BCUT2D eigenvalue weighted by Gasteiger charge is -2.32. The van der Waals surface area contributed by atoms with E-state index in [9.17, 15) is 4.79 Å². The van der Waals surface area contributed by atoms with Gasteiger partial charge in [-0.05, 0) is 30.4 Å². The Morgan fingerprint density at radius 3 is 2.45 bits per heavy atom. The number of hydrogen-bond acceptors (Lipinski definition) is 2. The fourth-order valence-corrected chi connectivity index (χ4v) is 3.75. The van der Waals surface area contributed by atoms with E-state index in [-0.39, 0.29) is 18.0 Å². The number of hydrogen-bond donors (Lipinski definition) is 1. The van der Waals surface area contributed by atoms with Crippen LogP contribution in [0.2, 0.25) is 0 Å². The van der Waals surface area contributed by atoms with Crippen LogP contribution in [0.3, 0.4) is 0 Å². The van der Waals surface area contributed by atoms with Crippen LogP contribution in [0.15, 0.2) is 24.3 Å². The van der Waals surface area contributed by atoms with Crippen LogP contribution < -0.4 is 5.73 Å². The highest BCUT2D eigenvalue weighted by Gasteiger charge is 2.42. The van der Waals surface area contributed by atoms with Crippen molar-refractivity contribution >= 4 is 5.91 Å². The zero-order valence-electron chi connectivity index (χ0n) is 12.2. The number of likely N-dealkylation sites (tertiary alicyclic amines) is 1. The first-order chi connectivity index (χ1) is 9.70. The molecule has 1 aliphatic heterocycles. The van der Waals surface area contributed by atoms with E-state index in [1.807, 2.05) is 0 Å². The zero-order chi connectivity index (χ0) is 14.1. The minimum absolute atomic E-state index is 0.0597. The van der Waals surface area contributed by atoms with Gasteiger partial charge < -0.3 is 10.6 Å². The van der Waals surface area contributed by atoms with Crippen molar-refractivity contribution in [2.45, 2.75) is 63.6 Å². The quantitative estimate of drug-likeness (QED) is 0.919. The molecule has 2 atom stereocenters. The number of rotatable bonds is 3. The van der Waals surface area contributed by atoms with E-state index in [1.165, 1.54) is 24.0 Å². The molecule has 108 valence electrons. The molecule has 1 saturated heterocycles. The minimum Gasteiger partial charge on any atom is -0.331 e. The van der Waals surface area contributed by atoms with Crippen LogP contribution in [0.1, 0.15) is 56.2 Å². The summed E-state index contributed by atoms with van der Waals surface area (Å²) in [5.74, 6) is 0.244. The summed E-state index contributed by atoms with van der Waals surface area (Å²) in [5.41, 5.74) is 8.80. The summed E-state index contributed by atoms with van der Waals surface area (Å²) in [7, 11) is 0. The van der Waals surface area contributed by atoms with Crippen molar-refractivity contribution in [2.24, 2.45) is 5.73 Å². The van der Waals surface area contributed by atoms with Gasteiger partial charge in [-0.3, -0.25) is 4.79 Å². The van der Waals surface area contributed by atoms with E-state index >= 15 is 0 Å². The summed E-state index contributed by atoms with van der Waals surface area (Å²) < 4.78 is 0. The summed E-state index contributed by atoms with van der Waals surface area (Å²) in [6, 6.07) is 9.07. The van der Waals surface area contributed by atoms with Crippen molar-refractivity contribution in [1.82, 2.24) is 4.90 Å². The Labute approximate surface area is 121 Å². The molecule has 2 aliphatic rings. The van der Waals surface area contributed by atoms with Crippen molar-refractivity contribution < 1.29 is 4.79 Å². The second-order valence-electron chi connectivity index (χ2n) is 6.15. The first-order valence-corrected chi connectivity index (χ1v) is 7.86. The molecule has 0 bridgehead atoms. The van der Waals surface area contributed by atoms with Gasteiger partial charge in [0.05, 0.1) is 6.04 Å². The van der Waals surface area contributed by atoms with Gasteiger partial charge in [-0.2, -0.15) is 0 Å². The number of carbonyl (C=O) groups excluding carboxylic acids is 1. The van der Waals surface area contributed by atoms with Gasteiger partial charge >= 0.3 is 0 Å². The molecule has 1 aromatic rings. The molecule has 0 radical (unpaired) electrons. The minimum atomic E-state index is -0.0597. The lowest BCUT2D eigenvalue weighted by molar-refractivity contribution is -0.131. The second-order valence-corrected chi connectivity index (χ2v) is 6.15. The SMILES string of the molecule is CCc1ccc(C2C(N)CC(=O)N2C2CCCC2)cc1. The fourth-order valence-electron chi connectivity index (χ4n) is 3.75. The fraction of sp³-hybridized carbons (Fsp3) is 0.588. The van der Waals surface area contributed by atoms with E-state index in [0.29, 0.717) is 12.5 Å². The second kappa shape index (κ2) is 5.57. The Hall–Kier alpha value is -1.35. The van der Waals surface area contributed by atoms with Crippen molar-refractivity contribution in [3.8, 4) is 0 Å². The van der Waals surface area contributed by atoms with Gasteiger partial charge in [0.15, 0.2) is 0 Å². The van der Waals surface area contributed by atoms with Gasteiger partial charge in [-0.1, -0.05) is 44.0 Å². The third-order valence-corrected chi connectivity index (χ3v) is 4.85. The van der Waals surface area contributed by atoms with Crippen molar-refractivity contribution in [3.05, 3.63) is 35.4 Å². The molecule has 3 rings (SSSR count). The molecule has 0 aromatic heterocycles. The van der Waals surface area contributed by atoms with Gasteiger partial charge in [0.1, 0.15) is 0 Å². The van der Waals surface area contributed by atoms with Crippen LogP contribution in [0.4, 0.5) is 0 Å². The molecule has 1 aromatic carbocycles. The van der Waals surface area contributed by atoms with Crippen molar-refractivity contribution in [2.75, 3.05) is 0 Å². The van der Waals surface area contributed by atoms with Crippen molar-refractivity contribution in [1.29, 1.82) is 0 Å². The third kappa shape index (κ3) is 2.35. The standard InChI is InChI=1S/C17H24N2O/c1-2-12-7-9-13(10-8-12)17-15(18)11-16(20)19(17)14-5-3-4-6-14/h7-10,14-15,17H,2-6,11,18H2,1H3. The lowest BCUT2D eigenvalue weighted by atomic mass is 9.98. The maximum atomic E-state index is 12.3. The molecule has 2 N–H and O–H groups in total. The van der Waals surface area contributed by atoms with Gasteiger partial charge in [0.25, 0.3) is 0 Å². The highest BCUT2D eigenvalue weighted by atomic mass is 16.2. The molecule has 1 amide bonds. The van der Waals surface area contributed by atoms with Gasteiger partial charge in [-0.15, -0.1) is 0 Å². The van der Waals surface area contributed by atoms with Gasteiger partial charge in [0, 0.05) is 18.5 Å². The molecule has 20 heavy (non-hydrogen) atoms. The van der Waals surface area contributed by atoms with Crippen molar-refractivity contribution in [3.63, 3.8) is 0 Å². The maximum absolute atomic E-state index is 12.3. The Balaban J connectivity index is 1.88. The average Bonchev–Trinajstić information content (AvgIpc) is 3.06. The molecule has 1 saturated carbocycles. The van der Waals surface area contributed by atoms with Crippen LogP contribution >= 0.6 is 0 Å². The Morgan fingerprint density at radius 2 is 1.85 bits per heavy atom. The number of nitrogens with zero attached hydrogens (tertiary/aromatic N) is 1. The van der Waals surface area contributed by atoms with Crippen LogP contribution in [0.5, 0.6) is 0 Å². The summed E-state index contributed by atoms with van der Waals surface area (Å²) in [5, 5.41) is 0. The molecule has 3 heteroatoms. The van der Waals surface area contributed by atoms with Crippen LogP contribution in [-0.2, 0) is 11.2 Å². The predicted molar refractivity (Wildman–Crippen MR) is 80.3 cm³/mol. The van der Waals surface area contributed by atoms with Crippen LogP contribution in [0, 0.1) is 0 Å². The molecule has 1 heterocycles. The molecular weight excluding hydrogens is 248 g/mol. The normalized spacial score (nSPS) is 27.5. The maximum Gasteiger partial charge on any atom is 0.225 e. The van der Waals surface area contributed by atoms with Crippen LogP contribution in [0.25, 0.3) is 0 Å². The number of carbonyl (C=O) groups is 1. The molecule has 1 aliphatic carbocycles. The summed E-state index contributed by atoms with van der Waals surface area (Å²) in [4.78, 5) is 14.4. The summed E-state index contributed by atoms with van der Waals surface area (Å²) >= 11 is 0. The molecule has 3 nitrogen and oxygen atoms in total. The number of aryl methyl sites for hydroxylation is 1. The molecular formula is C17H24N2O. The largest absolute Gasteiger partial charge is 0.331 e. The van der Waals surface area contributed by atoms with Gasteiger partial charge in [-0.25, -0.2) is 0 Å².